The molecule has 84 valence electrons. The number of rotatable bonds is 4. The molecule has 0 aromatic heterocycles. The van der Waals surface area contributed by atoms with Gasteiger partial charge < -0.3 is 15.6 Å². The van der Waals surface area contributed by atoms with Crippen LogP contribution >= 0.6 is 0 Å². The fourth-order valence-corrected chi connectivity index (χ4v) is 1.48. The van der Waals surface area contributed by atoms with E-state index in [0.717, 1.165) is 5.56 Å². The molecule has 15 heavy (non-hydrogen) atoms. The lowest BCUT2D eigenvalue weighted by atomic mass is 9.94. The third-order valence-corrected chi connectivity index (χ3v) is 2.59. The van der Waals surface area contributed by atoms with E-state index < -0.39 is 6.10 Å². The maximum atomic E-state index is 10.1. The van der Waals surface area contributed by atoms with Gasteiger partial charge in [-0.3, -0.25) is 0 Å². The Morgan fingerprint density at radius 3 is 2.40 bits per heavy atom. The molecule has 1 aromatic carbocycles. The second-order valence-electron chi connectivity index (χ2n) is 4.01. The lowest BCUT2D eigenvalue weighted by molar-refractivity contribution is 0.122. The van der Waals surface area contributed by atoms with Gasteiger partial charge in [0.15, 0.2) is 0 Å². The molecule has 1 aromatic rings. The molecule has 0 saturated heterocycles. The zero-order valence-electron chi connectivity index (χ0n) is 9.47. The molecule has 3 N–H and O–H groups in total. The number of nitrogens with two attached hydrogens (primary N) is 1. The first-order valence-corrected chi connectivity index (χ1v) is 5.14. The van der Waals surface area contributed by atoms with Crippen molar-refractivity contribution >= 4 is 0 Å². The van der Waals surface area contributed by atoms with Crippen molar-refractivity contribution in [1.82, 2.24) is 0 Å². The standard InChI is InChI=1S/C12H19NO2/c1-8(2)11(13)12(14)9-6-4-5-7-10(9)15-3/h4-8,11-12,14H,13H2,1-3H3. The van der Waals surface area contributed by atoms with Crippen LogP contribution in [-0.4, -0.2) is 18.3 Å². The lowest BCUT2D eigenvalue weighted by Crippen LogP contribution is -2.33. The average Bonchev–Trinajstić information content (AvgIpc) is 2.26. The van der Waals surface area contributed by atoms with Crippen LogP contribution in [0, 0.1) is 5.92 Å². The Kier molecular flexibility index (Phi) is 4.12. The van der Waals surface area contributed by atoms with Crippen molar-refractivity contribution in [2.24, 2.45) is 11.7 Å². The predicted molar refractivity (Wildman–Crippen MR) is 60.8 cm³/mol. The first kappa shape index (κ1) is 12.0. The number of ether oxygens (including phenoxy) is 1. The van der Waals surface area contributed by atoms with Crippen molar-refractivity contribution in [3.63, 3.8) is 0 Å². The fourth-order valence-electron chi connectivity index (χ4n) is 1.48. The molecular formula is C12H19NO2. The molecule has 3 nitrogen and oxygen atoms in total. The highest BCUT2D eigenvalue weighted by atomic mass is 16.5. The van der Waals surface area contributed by atoms with Crippen molar-refractivity contribution < 1.29 is 9.84 Å². The van der Waals surface area contributed by atoms with Gasteiger partial charge in [-0.05, 0) is 12.0 Å². The van der Waals surface area contributed by atoms with Gasteiger partial charge >= 0.3 is 0 Å². The van der Waals surface area contributed by atoms with Gasteiger partial charge in [0, 0.05) is 11.6 Å². The number of para-hydroxylation sites is 1. The summed E-state index contributed by atoms with van der Waals surface area (Å²) >= 11 is 0. The van der Waals surface area contributed by atoms with Gasteiger partial charge in [-0.2, -0.15) is 0 Å². The molecule has 0 aliphatic carbocycles. The molecule has 1 rings (SSSR count). The van der Waals surface area contributed by atoms with Crippen LogP contribution in [0.25, 0.3) is 0 Å². The normalized spacial score (nSPS) is 15.1. The third-order valence-electron chi connectivity index (χ3n) is 2.59. The second kappa shape index (κ2) is 5.14. The highest BCUT2D eigenvalue weighted by Crippen LogP contribution is 2.28. The van der Waals surface area contributed by atoms with Crippen LogP contribution in [0.5, 0.6) is 5.75 Å². The van der Waals surface area contributed by atoms with Crippen LogP contribution in [-0.2, 0) is 0 Å². The second-order valence-corrected chi connectivity index (χ2v) is 4.01. The molecule has 0 radical (unpaired) electrons. The quantitative estimate of drug-likeness (QED) is 0.793. The van der Waals surface area contributed by atoms with E-state index in [1.165, 1.54) is 0 Å². The van der Waals surface area contributed by atoms with E-state index >= 15 is 0 Å². The van der Waals surface area contributed by atoms with Crippen molar-refractivity contribution in [3.05, 3.63) is 29.8 Å². The van der Waals surface area contributed by atoms with E-state index in [-0.39, 0.29) is 12.0 Å². The summed E-state index contributed by atoms with van der Waals surface area (Å²) in [5, 5.41) is 10.1. The lowest BCUT2D eigenvalue weighted by Gasteiger charge is -2.23. The summed E-state index contributed by atoms with van der Waals surface area (Å²) in [6, 6.07) is 7.13. The molecule has 2 atom stereocenters. The monoisotopic (exact) mass is 209 g/mol. The van der Waals surface area contributed by atoms with Crippen LogP contribution in [0.3, 0.4) is 0 Å². The molecule has 0 amide bonds. The van der Waals surface area contributed by atoms with E-state index in [1.807, 2.05) is 38.1 Å². The van der Waals surface area contributed by atoms with Crippen LogP contribution in [0.4, 0.5) is 0 Å². The molecule has 0 spiro atoms. The molecule has 0 fully saturated rings. The summed E-state index contributed by atoms with van der Waals surface area (Å²) < 4.78 is 5.18. The first-order chi connectivity index (χ1) is 7.07. The maximum Gasteiger partial charge on any atom is 0.124 e. The van der Waals surface area contributed by atoms with Crippen molar-refractivity contribution in [1.29, 1.82) is 0 Å². The van der Waals surface area contributed by atoms with Crippen LogP contribution in [0.2, 0.25) is 0 Å². The summed E-state index contributed by atoms with van der Waals surface area (Å²) in [5.41, 5.74) is 6.66. The van der Waals surface area contributed by atoms with Crippen LogP contribution < -0.4 is 10.5 Å². The summed E-state index contributed by atoms with van der Waals surface area (Å²) in [4.78, 5) is 0. The zero-order chi connectivity index (χ0) is 11.4. The molecular weight excluding hydrogens is 190 g/mol. The number of aliphatic hydroxyl groups excluding tert-OH is 1. The molecule has 0 heterocycles. The van der Waals surface area contributed by atoms with E-state index in [0.29, 0.717) is 5.75 Å². The van der Waals surface area contributed by atoms with Gasteiger partial charge in [-0.25, -0.2) is 0 Å². The molecule has 3 heteroatoms. The van der Waals surface area contributed by atoms with Gasteiger partial charge in [0.05, 0.1) is 13.2 Å². The minimum Gasteiger partial charge on any atom is -0.496 e. The van der Waals surface area contributed by atoms with Crippen molar-refractivity contribution in [2.45, 2.75) is 26.0 Å². The van der Waals surface area contributed by atoms with Crippen LogP contribution in [0.15, 0.2) is 24.3 Å². The van der Waals surface area contributed by atoms with E-state index in [1.54, 1.807) is 7.11 Å². The van der Waals surface area contributed by atoms with Crippen molar-refractivity contribution in [2.75, 3.05) is 7.11 Å². The van der Waals surface area contributed by atoms with Gasteiger partial charge in [-0.1, -0.05) is 32.0 Å². The Bertz CT molecular complexity index is 312. The average molecular weight is 209 g/mol. The van der Waals surface area contributed by atoms with E-state index in [9.17, 15) is 5.11 Å². The zero-order valence-corrected chi connectivity index (χ0v) is 9.47. The number of aliphatic hydroxyl groups is 1. The first-order valence-electron chi connectivity index (χ1n) is 5.14. The maximum absolute atomic E-state index is 10.1. The van der Waals surface area contributed by atoms with Gasteiger partial charge in [0.2, 0.25) is 0 Å². The third kappa shape index (κ3) is 2.70. The minimum atomic E-state index is -0.679. The topological polar surface area (TPSA) is 55.5 Å². The Morgan fingerprint density at radius 2 is 1.87 bits per heavy atom. The van der Waals surface area contributed by atoms with Crippen molar-refractivity contribution in [3.8, 4) is 5.75 Å². The largest absolute Gasteiger partial charge is 0.496 e. The van der Waals surface area contributed by atoms with Crippen LogP contribution in [0.1, 0.15) is 25.5 Å². The van der Waals surface area contributed by atoms with E-state index in [2.05, 4.69) is 0 Å². The minimum absolute atomic E-state index is 0.227. The Morgan fingerprint density at radius 1 is 1.27 bits per heavy atom. The molecule has 0 bridgehead atoms. The summed E-state index contributed by atoms with van der Waals surface area (Å²) in [5.74, 6) is 0.908. The van der Waals surface area contributed by atoms with Gasteiger partial charge in [-0.15, -0.1) is 0 Å². The number of hydrogen-bond donors (Lipinski definition) is 2. The summed E-state index contributed by atoms with van der Waals surface area (Å²) in [6.07, 6.45) is -0.679. The Balaban J connectivity index is 2.94. The number of benzene rings is 1. The van der Waals surface area contributed by atoms with Gasteiger partial charge in [0.25, 0.3) is 0 Å². The molecule has 2 unspecified atom stereocenters. The predicted octanol–water partition coefficient (Wildman–Crippen LogP) is 1.71. The summed E-state index contributed by atoms with van der Waals surface area (Å²) in [6.45, 7) is 3.98. The number of methoxy groups -OCH3 is 1. The highest BCUT2D eigenvalue weighted by molar-refractivity contribution is 5.35. The molecule has 0 saturated carbocycles. The Labute approximate surface area is 90.9 Å². The molecule has 0 aliphatic rings. The number of hydrogen-bond acceptors (Lipinski definition) is 3. The van der Waals surface area contributed by atoms with E-state index in [4.69, 9.17) is 10.5 Å². The molecule has 0 aliphatic heterocycles. The highest BCUT2D eigenvalue weighted by Gasteiger charge is 2.22. The smallest absolute Gasteiger partial charge is 0.124 e. The van der Waals surface area contributed by atoms with Gasteiger partial charge in [0.1, 0.15) is 5.75 Å². The fraction of sp³-hybridized carbons (Fsp3) is 0.500. The SMILES string of the molecule is COc1ccccc1C(O)C(N)C(C)C. The summed E-state index contributed by atoms with van der Waals surface area (Å²) in [7, 11) is 1.59. The Hall–Kier alpha value is -1.06.